The van der Waals surface area contributed by atoms with Gasteiger partial charge >= 0.3 is 11.5 Å². The summed E-state index contributed by atoms with van der Waals surface area (Å²) in [5.74, 6) is -3.85. The van der Waals surface area contributed by atoms with E-state index >= 15 is 0 Å². The predicted octanol–water partition coefficient (Wildman–Crippen LogP) is 1.78. The van der Waals surface area contributed by atoms with Crippen LogP contribution in [0.2, 0.25) is 0 Å². The lowest BCUT2D eigenvalue weighted by Gasteiger charge is -2.22. The van der Waals surface area contributed by atoms with Gasteiger partial charge in [-0.2, -0.15) is 0 Å². The lowest BCUT2D eigenvalue weighted by atomic mass is 9.94. The van der Waals surface area contributed by atoms with E-state index in [9.17, 15) is 30.6 Å². The molecule has 1 aromatic heterocycles. The van der Waals surface area contributed by atoms with Gasteiger partial charge in [-0.3, -0.25) is 0 Å². The standard InChI is InChI=1S/C15H12O7/c16-8-4-13-9(15(20,21)6-8)5-12(19)14(22-13)7-1-2-10(17)11(18)3-7/h1-5,20-21H,6H2,(H3-,16,17,18,19)/p+1. The van der Waals surface area contributed by atoms with E-state index in [2.05, 4.69) is 0 Å². The number of aliphatic hydroxyl groups excluding tert-OH is 1. The van der Waals surface area contributed by atoms with E-state index in [-0.39, 0.29) is 39.9 Å². The van der Waals surface area contributed by atoms with Crippen molar-refractivity contribution in [3.63, 3.8) is 0 Å². The Morgan fingerprint density at radius 2 is 1.64 bits per heavy atom. The van der Waals surface area contributed by atoms with Crippen LogP contribution in [0, 0.1) is 0 Å². The van der Waals surface area contributed by atoms with E-state index in [4.69, 9.17) is 4.42 Å². The fourth-order valence-corrected chi connectivity index (χ4v) is 2.33. The summed E-state index contributed by atoms with van der Waals surface area (Å²) in [6.07, 6.45) is 0.789. The number of rotatable bonds is 1. The van der Waals surface area contributed by atoms with Gasteiger partial charge in [0, 0.05) is 12.1 Å². The number of aromatic hydroxyl groups is 3. The third-order valence-electron chi connectivity index (χ3n) is 3.39. The highest BCUT2D eigenvalue weighted by molar-refractivity contribution is 5.69. The minimum atomic E-state index is -2.36. The van der Waals surface area contributed by atoms with Crippen LogP contribution in [0.3, 0.4) is 0 Å². The van der Waals surface area contributed by atoms with Crippen LogP contribution >= 0.6 is 0 Å². The highest BCUT2D eigenvalue weighted by Crippen LogP contribution is 2.42. The number of hydrogen-bond acceptors (Lipinski definition) is 6. The Bertz CT molecular complexity index is 793. The maximum absolute atomic E-state index is 10.0. The van der Waals surface area contributed by atoms with E-state index < -0.39 is 18.0 Å². The van der Waals surface area contributed by atoms with Crippen LogP contribution in [0.1, 0.15) is 17.7 Å². The largest absolute Gasteiger partial charge is 0.512 e. The fraction of sp³-hybridized carbons (Fsp3) is 0.133. The first kappa shape index (κ1) is 14.2. The first-order valence-corrected chi connectivity index (χ1v) is 6.35. The third kappa shape index (κ3) is 2.22. The van der Waals surface area contributed by atoms with E-state index in [1.807, 2.05) is 0 Å². The fourth-order valence-electron chi connectivity index (χ4n) is 2.33. The Hall–Kier alpha value is -2.77. The summed E-state index contributed by atoms with van der Waals surface area (Å²) in [6, 6.07) is 4.91. The highest BCUT2D eigenvalue weighted by Gasteiger charge is 2.41. The van der Waals surface area contributed by atoms with Crippen LogP contribution in [0.4, 0.5) is 0 Å². The Labute approximate surface area is 124 Å². The minimum Gasteiger partial charge on any atom is -0.512 e. The molecule has 7 heteroatoms. The topological polar surface area (TPSA) is 133 Å². The first-order valence-electron chi connectivity index (χ1n) is 6.35. The molecule has 0 atom stereocenters. The smallest absolute Gasteiger partial charge is 0.402 e. The Balaban J connectivity index is 2.20. The molecule has 7 nitrogen and oxygen atoms in total. The monoisotopic (exact) mass is 305 g/mol. The number of benzene rings is 1. The number of fused-ring (bicyclic) bond motifs is 1. The molecule has 114 valence electrons. The second-order valence-corrected chi connectivity index (χ2v) is 5.07. The zero-order valence-corrected chi connectivity index (χ0v) is 11.2. The normalized spacial score (nSPS) is 16.0. The summed E-state index contributed by atoms with van der Waals surface area (Å²) in [7, 11) is 0. The van der Waals surface area contributed by atoms with Gasteiger partial charge < -0.3 is 30.6 Å². The highest BCUT2D eigenvalue weighted by atomic mass is 16.5. The molecule has 0 spiro atoms. The number of hydrogen-bond donors (Lipinski definition) is 6. The maximum Gasteiger partial charge on any atom is 0.402 e. The minimum absolute atomic E-state index is 0.0332. The second kappa shape index (κ2) is 4.62. The van der Waals surface area contributed by atoms with Crippen molar-refractivity contribution in [3.05, 3.63) is 41.3 Å². The van der Waals surface area contributed by atoms with Crippen LogP contribution in [0.25, 0.3) is 17.4 Å². The Kier molecular flexibility index (Phi) is 2.98. The van der Waals surface area contributed by atoms with Crippen LogP contribution in [-0.2, 0) is 5.79 Å². The van der Waals surface area contributed by atoms with Crippen LogP contribution in [-0.4, -0.2) is 30.6 Å². The number of aliphatic hydroxyl groups is 3. The summed E-state index contributed by atoms with van der Waals surface area (Å²) in [4.78, 5) is 0. The molecule has 0 aliphatic heterocycles. The second-order valence-electron chi connectivity index (χ2n) is 5.07. The first-order chi connectivity index (χ1) is 10.3. The molecular weight excluding hydrogens is 292 g/mol. The molecule has 22 heavy (non-hydrogen) atoms. The molecule has 0 fully saturated rings. The quantitative estimate of drug-likeness (QED) is 0.269. The summed E-state index contributed by atoms with van der Waals surface area (Å²) < 4.78 is 5.42. The van der Waals surface area contributed by atoms with Gasteiger partial charge in [0.05, 0.1) is 18.1 Å². The lowest BCUT2D eigenvalue weighted by molar-refractivity contribution is -0.174. The average molecular weight is 305 g/mol. The third-order valence-corrected chi connectivity index (χ3v) is 3.39. The summed E-state index contributed by atoms with van der Waals surface area (Å²) in [5, 5.41) is 58.1. The van der Waals surface area contributed by atoms with E-state index in [1.165, 1.54) is 24.3 Å². The molecule has 0 unspecified atom stereocenters. The molecule has 1 aliphatic rings. The molecular formula is C15H13O7+. The molecule has 1 heterocycles. The van der Waals surface area contributed by atoms with Crippen molar-refractivity contribution in [2.45, 2.75) is 12.2 Å². The van der Waals surface area contributed by atoms with Crippen molar-refractivity contribution in [2.24, 2.45) is 0 Å². The van der Waals surface area contributed by atoms with Gasteiger partial charge in [0.25, 0.3) is 0 Å². The molecule has 1 aliphatic carbocycles. The predicted molar refractivity (Wildman–Crippen MR) is 74.9 cm³/mol. The lowest BCUT2D eigenvalue weighted by Crippen LogP contribution is -2.29. The van der Waals surface area contributed by atoms with Crippen molar-refractivity contribution < 1.29 is 35.1 Å². The molecule has 0 saturated heterocycles. The van der Waals surface area contributed by atoms with E-state index in [1.54, 1.807) is 0 Å². The summed E-state index contributed by atoms with van der Waals surface area (Å²) in [5.41, 5.74) is 0.171. The van der Waals surface area contributed by atoms with Crippen LogP contribution in [0.5, 0.6) is 17.2 Å². The Morgan fingerprint density at radius 1 is 0.909 bits per heavy atom. The van der Waals surface area contributed by atoms with Crippen LogP contribution < -0.4 is 0 Å². The average Bonchev–Trinajstić information content (AvgIpc) is 2.41. The van der Waals surface area contributed by atoms with Crippen LogP contribution in [0.15, 0.2) is 34.4 Å². The molecule has 0 saturated carbocycles. The molecule has 0 radical (unpaired) electrons. The molecule has 0 bridgehead atoms. The van der Waals surface area contributed by atoms with E-state index in [0.29, 0.717) is 0 Å². The molecule has 2 aromatic rings. The van der Waals surface area contributed by atoms with Crippen molar-refractivity contribution >= 4 is 6.08 Å². The van der Waals surface area contributed by atoms with E-state index in [0.717, 1.165) is 6.07 Å². The van der Waals surface area contributed by atoms with Gasteiger partial charge in [-0.25, -0.2) is 4.42 Å². The van der Waals surface area contributed by atoms with Gasteiger partial charge in [-0.05, 0) is 12.1 Å². The van der Waals surface area contributed by atoms with Gasteiger partial charge in [-0.15, -0.1) is 0 Å². The maximum atomic E-state index is 10.0. The Morgan fingerprint density at radius 3 is 2.32 bits per heavy atom. The van der Waals surface area contributed by atoms with Crippen molar-refractivity contribution in [3.8, 4) is 28.6 Å². The molecule has 0 amide bonds. The molecule has 3 rings (SSSR count). The van der Waals surface area contributed by atoms with Crippen molar-refractivity contribution in [1.29, 1.82) is 0 Å². The molecule has 6 N–H and O–H groups in total. The van der Waals surface area contributed by atoms with Gasteiger partial charge in [0.1, 0.15) is 11.3 Å². The number of phenols is 2. The zero-order chi connectivity index (χ0) is 16.1. The van der Waals surface area contributed by atoms with Crippen molar-refractivity contribution in [1.82, 2.24) is 0 Å². The summed E-state index contributed by atoms with van der Waals surface area (Å²) >= 11 is 0. The summed E-state index contributed by atoms with van der Waals surface area (Å²) in [6.45, 7) is 0. The van der Waals surface area contributed by atoms with Gasteiger partial charge in [-0.1, -0.05) is 0 Å². The van der Waals surface area contributed by atoms with Gasteiger partial charge in [0.2, 0.25) is 11.5 Å². The SMILES string of the molecule is OC1=Cc2[o+]c(-c3ccc(O)c(O)c3)c(O)cc2C(O)(O)C1. The van der Waals surface area contributed by atoms with Gasteiger partial charge in [0.15, 0.2) is 11.5 Å². The number of phenolic OH excluding ortho intramolecular Hbond substituents is 2. The zero-order valence-electron chi connectivity index (χ0n) is 11.2. The molecule has 1 aromatic carbocycles. The van der Waals surface area contributed by atoms with Crippen molar-refractivity contribution in [2.75, 3.05) is 0 Å².